The molecule has 0 bridgehead atoms. The van der Waals surface area contributed by atoms with Gasteiger partial charge in [0.05, 0.1) is 16.7 Å². The summed E-state index contributed by atoms with van der Waals surface area (Å²) in [5.74, 6) is 0. The normalized spacial score (nSPS) is 11.8. The number of benzene rings is 3. The monoisotopic (exact) mass is 350 g/mol. The summed E-state index contributed by atoms with van der Waals surface area (Å²) >= 11 is 1.76. The number of rotatable bonds is 1. The van der Waals surface area contributed by atoms with E-state index in [1.54, 1.807) is 11.3 Å². The van der Waals surface area contributed by atoms with Gasteiger partial charge in [0.25, 0.3) is 0 Å². The molecule has 0 amide bonds. The van der Waals surface area contributed by atoms with Crippen molar-refractivity contribution in [2.24, 2.45) is 0 Å². The van der Waals surface area contributed by atoms with Gasteiger partial charge in [0.2, 0.25) is 0 Å². The van der Waals surface area contributed by atoms with E-state index in [-0.39, 0.29) is 0 Å². The molecule has 0 fully saturated rings. The van der Waals surface area contributed by atoms with Crippen LogP contribution in [0.25, 0.3) is 47.8 Å². The smallest absolute Gasteiger partial charge is 0.126 e. The molecule has 0 N–H and O–H groups in total. The van der Waals surface area contributed by atoms with Crippen LogP contribution in [0.3, 0.4) is 0 Å². The fourth-order valence-electron chi connectivity index (χ4n) is 4.00. The minimum absolute atomic E-state index is 1.09. The van der Waals surface area contributed by atoms with E-state index in [1.807, 2.05) is 6.20 Å². The summed E-state index contributed by atoms with van der Waals surface area (Å²) in [7, 11) is 0. The lowest BCUT2D eigenvalue weighted by Gasteiger charge is -2.09. The van der Waals surface area contributed by atoms with E-state index < -0.39 is 0 Å². The van der Waals surface area contributed by atoms with Crippen molar-refractivity contribution in [2.75, 3.05) is 0 Å². The summed E-state index contributed by atoms with van der Waals surface area (Å²) in [5, 5.41) is 5.08. The minimum atomic E-state index is 1.09. The van der Waals surface area contributed by atoms with Crippen LogP contribution in [0.2, 0.25) is 0 Å². The summed E-state index contributed by atoms with van der Waals surface area (Å²) in [6, 6.07) is 28.0. The Kier molecular flexibility index (Phi) is 2.79. The summed E-state index contributed by atoms with van der Waals surface area (Å²) in [6.45, 7) is 0. The summed E-state index contributed by atoms with van der Waals surface area (Å²) in [6.07, 6.45) is 1.93. The van der Waals surface area contributed by atoms with Gasteiger partial charge in [0.1, 0.15) is 4.83 Å². The van der Waals surface area contributed by atoms with Crippen LogP contribution < -0.4 is 0 Å². The van der Waals surface area contributed by atoms with Crippen molar-refractivity contribution in [3.05, 3.63) is 85.1 Å². The predicted molar refractivity (Wildman–Crippen MR) is 111 cm³/mol. The molecule has 0 aliphatic carbocycles. The van der Waals surface area contributed by atoms with Gasteiger partial charge in [-0.25, -0.2) is 4.98 Å². The number of pyridine rings is 1. The lowest BCUT2D eigenvalue weighted by molar-refractivity contribution is 1.19. The molecule has 3 heterocycles. The Morgan fingerprint density at radius 1 is 0.654 bits per heavy atom. The maximum atomic E-state index is 4.65. The highest BCUT2D eigenvalue weighted by molar-refractivity contribution is 7.25. The predicted octanol–water partition coefficient (Wildman–Crippen LogP) is 6.55. The average Bonchev–Trinajstić information content (AvgIpc) is 3.24. The Morgan fingerprint density at radius 2 is 1.27 bits per heavy atom. The van der Waals surface area contributed by atoms with Crippen LogP contribution in [-0.2, 0) is 0 Å². The van der Waals surface area contributed by atoms with E-state index in [4.69, 9.17) is 0 Å². The van der Waals surface area contributed by atoms with Gasteiger partial charge < -0.3 is 4.57 Å². The van der Waals surface area contributed by atoms with Crippen molar-refractivity contribution >= 4 is 53.4 Å². The second kappa shape index (κ2) is 5.16. The Balaban J connectivity index is 1.87. The van der Waals surface area contributed by atoms with Gasteiger partial charge in [-0.05, 0) is 24.3 Å². The van der Waals surface area contributed by atoms with E-state index in [0.717, 1.165) is 4.83 Å². The second-order valence-corrected chi connectivity index (χ2v) is 7.51. The fourth-order valence-corrected chi connectivity index (χ4v) is 5.06. The summed E-state index contributed by atoms with van der Waals surface area (Å²) in [5.41, 5.74) is 3.66. The first-order valence-corrected chi connectivity index (χ1v) is 9.48. The number of hydrogen-bond donors (Lipinski definition) is 0. The van der Waals surface area contributed by atoms with E-state index >= 15 is 0 Å². The number of fused-ring (bicyclic) bond motifs is 6. The van der Waals surface area contributed by atoms with E-state index in [9.17, 15) is 0 Å². The van der Waals surface area contributed by atoms with Gasteiger partial charge in [-0.3, -0.25) is 0 Å². The number of thiophene rings is 1. The number of aromatic nitrogens is 2. The fraction of sp³-hybridized carbons (Fsp3) is 0. The van der Waals surface area contributed by atoms with Gasteiger partial charge in [0.15, 0.2) is 0 Å². The average molecular weight is 350 g/mol. The lowest BCUT2D eigenvalue weighted by atomic mass is 10.1. The molecule has 0 aliphatic rings. The molecule has 26 heavy (non-hydrogen) atoms. The Hall–Kier alpha value is -3.17. The lowest BCUT2D eigenvalue weighted by Crippen LogP contribution is -1.95. The third-order valence-corrected chi connectivity index (χ3v) is 6.16. The highest BCUT2D eigenvalue weighted by Gasteiger charge is 2.16. The molecule has 3 aromatic carbocycles. The van der Waals surface area contributed by atoms with Crippen LogP contribution >= 0.6 is 11.3 Å². The van der Waals surface area contributed by atoms with E-state index in [2.05, 4.69) is 88.4 Å². The molecule has 2 nitrogen and oxygen atoms in total. The molecule has 0 saturated carbocycles. The van der Waals surface area contributed by atoms with Gasteiger partial charge in [0, 0.05) is 32.4 Å². The van der Waals surface area contributed by atoms with Gasteiger partial charge >= 0.3 is 0 Å². The molecule has 0 spiro atoms. The van der Waals surface area contributed by atoms with Gasteiger partial charge in [-0.15, -0.1) is 11.3 Å². The Labute approximate surface area is 153 Å². The largest absolute Gasteiger partial charge is 0.308 e. The summed E-state index contributed by atoms with van der Waals surface area (Å²) in [4.78, 5) is 5.74. The third-order valence-electron chi connectivity index (χ3n) is 5.08. The van der Waals surface area contributed by atoms with E-state index in [1.165, 1.54) is 43.0 Å². The molecule has 0 radical (unpaired) electrons. The van der Waals surface area contributed by atoms with Crippen LogP contribution in [-0.4, -0.2) is 9.55 Å². The molecule has 0 atom stereocenters. The quantitative estimate of drug-likeness (QED) is 0.329. The molecule has 122 valence electrons. The third kappa shape index (κ3) is 1.78. The Bertz CT molecular complexity index is 1390. The van der Waals surface area contributed by atoms with Crippen LogP contribution in [0.15, 0.2) is 85.1 Å². The van der Waals surface area contributed by atoms with Crippen molar-refractivity contribution in [3.8, 4) is 5.69 Å². The molecule has 3 heteroatoms. The molecular weight excluding hydrogens is 336 g/mol. The van der Waals surface area contributed by atoms with Crippen molar-refractivity contribution in [2.45, 2.75) is 0 Å². The zero-order valence-corrected chi connectivity index (χ0v) is 14.7. The number of nitrogens with zero attached hydrogens (tertiary/aromatic N) is 2. The molecular formula is C23H14N2S. The maximum absolute atomic E-state index is 4.65. The molecule has 6 rings (SSSR count). The molecule has 0 aliphatic heterocycles. The van der Waals surface area contributed by atoms with Gasteiger partial charge in [-0.2, -0.15) is 0 Å². The first kappa shape index (κ1) is 14.0. The Morgan fingerprint density at radius 3 is 2.00 bits per heavy atom. The highest BCUT2D eigenvalue weighted by atomic mass is 32.1. The standard InChI is InChI=1S/C23H14N2S/c1-4-10-18-15(7-1)16-8-2-5-11-19(16)25(18)20-13-14-24-23-22(20)17-9-3-6-12-21(17)26-23/h1-14H. The number of hydrogen-bond acceptors (Lipinski definition) is 2. The molecule has 0 unspecified atom stereocenters. The molecule has 3 aromatic heterocycles. The van der Waals surface area contributed by atoms with Crippen molar-refractivity contribution in [3.63, 3.8) is 0 Å². The SMILES string of the molecule is c1ccc2c(c1)sc1nccc(-n3c4ccccc4c4ccccc43)c12. The first-order valence-electron chi connectivity index (χ1n) is 8.66. The maximum Gasteiger partial charge on any atom is 0.126 e. The van der Waals surface area contributed by atoms with Crippen molar-refractivity contribution in [1.82, 2.24) is 9.55 Å². The zero-order chi connectivity index (χ0) is 17.1. The van der Waals surface area contributed by atoms with Gasteiger partial charge in [-0.1, -0.05) is 54.6 Å². The van der Waals surface area contributed by atoms with Crippen LogP contribution in [0, 0.1) is 0 Å². The topological polar surface area (TPSA) is 17.8 Å². The number of para-hydroxylation sites is 2. The van der Waals surface area contributed by atoms with Crippen LogP contribution in [0.1, 0.15) is 0 Å². The molecule has 0 saturated heterocycles. The first-order chi connectivity index (χ1) is 12.9. The van der Waals surface area contributed by atoms with Crippen molar-refractivity contribution < 1.29 is 0 Å². The van der Waals surface area contributed by atoms with Crippen LogP contribution in [0.5, 0.6) is 0 Å². The molecule has 6 aromatic rings. The minimum Gasteiger partial charge on any atom is -0.308 e. The summed E-state index contributed by atoms with van der Waals surface area (Å²) < 4.78 is 3.66. The highest BCUT2D eigenvalue weighted by Crippen LogP contribution is 2.39. The zero-order valence-electron chi connectivity index (χ0n) is 13.9. The van der Waals surface area contributed by atoms with E-state index in [0.29, 0.717) is 0 Å². The van der Waals surface area contributed by atoms with Crippen molar-refractivity contribution in [1.29, 1.82) is 0 Å². The van der Waals surface area contributed by atoms with Crippen LogP contribution in [0.4, 0.5) is 0 Å². The second-order valence-electron chi connectivity index (χ2n) is 6.48.